The summed E-state index contributed by atoms with van der Waals surface area (Å²) >= 11 is 0. The first-order valence-corrected chi connectivity index (χ1v) is 11.7. The zero-order valence-corrected chi connectivity index (χ0v) is 18.4. The lowest BCUT2D eigenvalue weighted by Crippen LogP contribution is -2.32. The van der Waals surface area contributed by atoms with Gasteiger partial charge in [-0.1, -0.05) is 18.2 Å². The summed E-state index contributed by atoms with van der Waals surface area (Å²) in [6.45, 7) is 1.66. The highest BCUT2D eigenvalue weighted by atomic mass is 19.1. The van der Waals surface area contributed by atoms with E-state index in [1.54, 1.807) is 12.3 Å². The summed E-state index contributed by atoms with van der Waals surface area (Å²) in [7, 11) is 0. The first kappa shape index (κ1) is 20.2. The Morgan fingerprint density at radius 3 is 3.03 bits per heavy atom. The van der Waals surface area contributed by atoms with E-state index in [2.05, 4.69) is 50.6 Å². The molecule has 3 N–H and O–H groups in total. The number of nitrogens with zero attached hydrogens (tertiary/aromatic N) is 2. The molecule has 5 nitrogen and oxygen atoms in total. The van der Waals surface area contributed by atoms with Crippen LogP contribution in [0, 0.1) is 5.82 Å². The monoisotopic (exact) mass is 442 g/mol. The Morgan fingerprint density at radius 1 is 1.18 bits per heavy atom. The number of hydrogen-bond donors (Lipinski definition) is 3. The fourth-order valence-electron chi connectivity index (χ4n) is 5.41. The van der Waals surface area contributed by atoms with Crippen molar-refractivity contribution in [3.8, 4) is 0 Å². The molecule has 0 bridgehead atoms. The molecule has 2 aromatic carbocycles. The number of aromatic nitrogens is 2. The van der Waals surface area contributed by atoms with E-state index in [1.807, 2.05) is 12.1 Å². The molecule has 6 rings (SSSR count). The molecule has 0 amide bonds. The van der Waals surface area contributed by atoms with E-state index < -0.39 is 6.10 Å². The van der Waals surface area contributed by atoms with Gasteiger partial charge in [-0.2, -0.15) is 0 Å². The van der Waals surface area contributed by atoms with Gasteiger partial charge in [0.1, 0.15) is 5.82 Å². The summed E-state index contributed by atoms with van der Waals surface area (Å²) in [6.07, 6.45) is 7.49. The second-order valence-electron chi connectivity index (χ2n) is 9.07. The van der Waals surface area contributed by atoms with Crippen LogP contribution in [0.15, 0.2) is 54.9 Å². The molecule has 1 aliphatic heterocycles. The first-order chi connectivity index (χ1) is 16.2. The van der Waals surface area contributed by atoms with Gasteiger partial charge >= 0.3 is 0 Å². The van der Waals surface area contributed by atoms with Gasteiger partial charge < -0.3 is 20.3 Å². The lowest BCUT2D eigenvalue weighted by molar-refractivity contribution is 0.176. The van der Waals surface area contributed by atoms with Gasteiger partial charge in [-0.15, -0.1) is 0 Å². The van der Waals surface area contributed by atoms with Crippen LogP contribution in [0.1, 0.15) is 41.3 Å². The van der Waals surface area contributed by atoms with Crippen LogP contribution in [-0.2, 0) is 19.3 Å². The predicted octanol–water partition coefficient (Wildman–Crippen LogP) is 5.42. The van der Waals surface area contributed by atoms with Gasteiger partial charge in [0.25, 0.3) is 0 Å². The number of fused-ring (bicyclic) bond motifs is 3. The molecule has 3 heterocycles. The zero-order chi connectivity index (χ0) is 22.4. The van der Waals surface area contributed by atoms with Gasteiger partial charge in [0, 0.05) is 47.8 Å². The Kier molecular flexibility index (Phi) is 5.03. The minimum absolute atomic E-state index is 0.181. The van der Waals surface area contributed by atoms with Crippen LogP contribution < -0.4 is 10.2 Å². The maximum Gasteiger partial charge on any atom is 0.148 e. The van der Waals surface area contributed by atoms with Gasteiger partial charge in [0.15, 0.2) is 0 Å². The number of nitrogens with one attached hydrogen (secondary N) is 2. The van der Waals surface area contributed by atoms with Gasteiger partial charge in [-0.3, -0.25) is 4.98 Å². The molecule has 0 spiro atoms. The quantitative estimate of drug-likeness (QED) is 0.386. The Labute approximate surface area is 192 Å². The Bertz CT molecular complexity index is 1330. The number of para-hydroxylation sites is 1. The SMILES string of the molecule is OC1CCc2c(Nc3cc(F)c4c(c3)CCCN4CCc3c[nH]c4ccccc34)ccnc21. The van der Waals surface area contributed by atoms with Crippen LogP contribution in [0.5, 0.6) is 0 Å². The van der Waals surface area contributed by atoms with E-state index in [4.69, 9.17) is 0 Å². The highest BCUT2D eigenvalue weighted by molar-refractivity contribution is 5.83. The number of aromatic amines is 1. The molecule has 1 atom stereocenters. The smallest absolute Gasteiger partial charge is 0.148 e. The van der Waals surface area contributed by atoms with Crippen LogP contribution in [0.4, 0.5) is 21.5 Å². The van der Waals surface area contributed by atoms with E-state index in [0.29, 0.717) is 6.42 Å². The number of aliphatic hydroxyl groups excluding tert-OH is 1. The van der Waals surface area contributed by atoms with Crippen LogP contribution in [0.3, 0.4) is 0 Å². The topological polar surface area (TPSA) is 64.2 Å². The minimum Gasteiger partial charge on any atom is -0.387 e. The highest BCUT2D eigenvalue weighted by Gasteiger charge is 2.25. The number of rotatable bonds is 5. The molecule has 1 unspecified atom stereocenters. The van der Waals surface area contributed by atoms with Crippen molar-refractivity contribution in [3.63, 3.8) is 0 Å². The average Bonchev–Trinajstić information content (AvgIpc) is 3.42. The van der Waals surface area contributed by atoms with Crippen molar-refractivity contribution in [3.05, 3.63) is 83.1 Å². The molecule has 2 aromatic heterocycles. The lowest BCUT2D eigenvalue weighted by Gasteiger charge is -2.32. The van der Waals surface area contributed by atoms with Crippen molar-refractivity contribution < 1.29 is 9.50 Å². The van der Waals surface area contributed by atoms with E-state index in [-0.39, 0.29) is 5.82 Å². The number of anilines is 3. The number of aryl methyl sites for hydroxylation is 1. The van der Waals surface area contributed by atoms with E-state index in [1.165, 1.54) is 10.9 Å². The van der Waals surface area contributed by atoms with Crippen molar-refractivity contribution in [2.45, 2.75) is 38.2 Å². The Hall–Kier alpha value is -3.38. The predicted molar refractivity (Wildman–Crippen MR) is 130 cm³/mol. The van der Waals surface area contributed by atoms with E-state index in [0.717, 1.165) is 78.2 Å². The van der Waals surface area contributed by atoms with Crippen molar-refractivity contribution in [2.75, 3.05) is 23.3 Å². The number of hydrogen-bond acceptors (Lipinski definition) is 4. The normalized spacial score (nSPS) is 17.3. The molecule has 4 aromatic rings. The second kappa shape index (κ2) is 8.19. The molecule has 0 saturated carbocycles. The number of pyridine rings is 1. The fourth-order valence-corrected chi connectivity index (χ4v) is 5.41. The van der Waals surface area contributed by atoms with Crippen LogP contribution >= 0.6 is 0 Å². The molecule has 0 radical (unpaired) electrons. The Balaban J connectivity index is 1.24. The minimum atomic E-state index is -0.507. The third kappa shape index (κ3) is 3.64. The van der Waals surface area contributed by atoms with E-state index in [9.17, 15) is 5.11 Å². The molecule has 0 fully saturated rings. The summed E-state index contributed by atoms with van der Waals surface area (Å²) in [5.74, 6) is -0.181. The number of benzene rings is 2. The molecule has 1 aliphatic carbocycles. The van der Waals surface area contributed by atoms with Crippen molar-refractivity contribution in [1.82, 2.24) is 9.97 Å². The van der Waals surface area contributed by atoms with Crippen molar-refractivity contribution in [2.24, 2.45) is 0 Å². The Morgan fingerprint density at radius 2 is 2.09 bits per heavy atom. The molecule has 168 valence electrons. The largest absolute Gasteiger partial charge is 0.387 e. The second-order valence-corrected chi connectivity index (χ2v) is 9.07. The standard InChI is InChI=1S/C27H27FN4O/c28-22-15-19(31-24-9-11-29-26-21(24)7-8-25(26)33)14-17-4-3-12-32(27(17)22)13-10-18-16-30-23-6-2-1-5-20(18)23/h1-2,5-6,9,11,14-16,25,30,33H,3-4,7-8,10,12-13H2,(H,29,31). The third-order valence-electron chi connectivity index (χ3n) is 7.01. The van der Waals surface area contributed by atoms with Crippen molar-refractivity contribution in [1.29, 1.82) is 0 Å². The van der Waals surface area contributed by atoms with Crippen LogP contribution in [0.25, 0.3) is 10.9 Å². The van der Waals surface area contributed by atoms with Gasteiger partial charge in [-0.05, 0) is 73.1 Å². The maximum atomic E-state index is 15.4. The van der Waals surface area contributed by atoms with Gasteiger partial charge in [0.05, 0.1) is 17.5 Å². The van der Waals surface area contributed by atoms with Crippen LogP contribution in [0.2, 0.25) is 0 Å². The summed E-state index contributed by atoms with van der Waals surface area (Å²) in [5.41, 5.74) is 7.62. The number of halogens is 1. The number of H-pyrrole nitrogens is 1. The fraction of sp³-hybridized carbons (Fsp3) is 0.296. The molecule has 33 heavy (non-hydrogen) atoms. The molecule has 0 saturated heterocycles. The van der Waals surface area contributed by atoms with E-state index >= 15 is 4.39 Å². The summed E-state index contributed by atoms with van der Waals surface area (Å²) in [5, 5.41) is 14.8. The maximum absolute atomic E-state index is 15.4. The van der Waals surface area contributed by atoms with Crippen LogP contribution in [-0.4, -0.2) is 28.2 Å². The lowest BCUT2D eigenvalue weighted by atomic mass is 9.99. The molecule has 2 aliphatic rings. The van der Waals surface area contributed by atoms with Gasteiger partial charge in [-0.25, -0.2) is 4.39 Å². The molecular formula is C27H27FN4O. The average molecular weight is 443 g/mol. The summed E-state index contributed by atoms with van der Waals surface area (Å²) in [4.78, 5) is 9.86. The van der Waals surface area contributed by atoms with Crippen molar-refractivity contribution >= 4 is 28.0 Å². The summed E-state index contributed by atoms with van der Waals surface area (Å²) < 4.78 is 15.4. The van der Waals surface area contributed by atoms with Gasteiger partial charge in [0.2, 0.25) is 0 Å². The highest BCUT2D eigenvalue weighted by Crippen LogP contribution is 2.37. The molecule has 6 heteroatoms. The zero-order valence-electron chi connectivity index (χ0n) is 18.4. The third-order valence-corrected chi connectivity index (χ3v) is 7.01. The number of aliphatic hydroxyl groups is 1. The first-order valence-electron chi connectivity index (χ1n) is 11.7. The molecular weight excluding hydrogens is 415 g/mol. The summed E-state index contributed by atoms with van der Waals surface area (Å²) in [6, 6.07) is 13.9.